The molecule has 0 unspecified atom stereocenters. The third-order valence-electron chi connectivity index (χ3n) is 3.02. The van der Waals surface area contributed by atoms with Gasteiger partial charge >= 0.3 is 11.9 Å². The SMILES string of the molecule is CCOC(=O)c1c(C)ncnc1Cl.CCOC(=O)c1c(C)ncnc1N. The summed E-state index contributed by atoms with van der Waals surface area (Å²) in [6, 6.07) is 0. The van der Waals surface area contributed by atoms with Crippen LogP contribution in [0, 0.1) is 13.8 Å². The van der Waals surface area contributed by atoms with Gasteiger partial charge in [0.2, 0.25) is 0 Å². The Morgan fingerprint density at radius 2 is 1.38 bits per heavy atom. The third-order valence-corrected chi connectivity index (χ3v) is 3.30. The maximum absolute atomic E-state index is 11.3. The summed E-state index contributed by atoms with van der Waals surface area (Å²) >= 11 is 5.71. The maximum atomic E-state index is 11.3. The lowest BCUT2D eigenvalue weighted by atomic mass is 10.2. The Morgan fingerprint density at radius 1 is 0.923 bits per heavy atom. The summed E-state index contributed by atoms with van der Waals surface area (Å²) in [5, 5.41) is 0.131. The van der Waals surface area contributed by atoms with Gasteiger partial charge in [-0.15, -0.1) is 0 Å². The average Bonchev–Trinajstić information content (AvgIpc) is 2.55. The van der Waals surface area contributed by atoms with Crippen LogP contribution in [0.1, 0.15) is 46.0 Å². The van der Waals surface area contributed by atoms with Crippen molar-refractivity contribution in [3.8, 4) is 0 Å². The number of aryl methyl sites for hydroxylation is 2. The lowest BCUT2D eigenvalue weighted by Crippen LogP contribution is -2.12. The van der Waals surface area contributed by atoms with Crippen molar-refractivity contribution in [1.82, 2.24) is 19.9 Å². The first kappa shape index (κ1) is 21.2. The maximum Gasteiger partial charge on any atom is 0.343 e. The van der Waals surface area contributed by atoms with Crippen LogP contribution >= 0.6 is 11.6 Å². The number of anilines is 1. The topological polar surface area (TPSA) is 130 Å². The molecule has 10 heteroatoms. The fourth-order valence-corrected chi connectivity index (χ4v) is 2.08. The lowest BCUT2D eigenvalue weighted by Gasteiger charge is -2.05. The van der Waals surface area contributed by atoms with Gasteiger partial charge in [-0.2, -0.15) is 0 Å². The minimum Gasteiger partial charge on any atom is -0.462 e. The molecule has 0 bridgehead atoms. The summed E-state index contributed by atoms with van der Waals surface area (Å²) in [4.78, 5) is 37.7. The highest BCUT2D eigenvalue weighted by molar-refractivity contribution is 6.32. The Balaban J connectivity index is 0.000000260. The van der Waals surface area contributed by atoms with Gasteiger partial charge < -0.3 is 15.2 Å². The zero-order valence-corrected chi connectivity index (χ0v) is 15.7. The van der Waals surface area contributed by atoms with Crippen molar-refractivity contribution < 1.29 is 19.1 Å². The summed E-state index contributed by atoms with van der Waals surface area (Å²) in [6.45, 7) is 7.44. The number of halogens is 1. The fourth-order valence-electron chi connectivity index (χ4n) is 1.83. The molecule has 2 rings (SSSR count). The zero-order valence-electron chi connectivity index (χ0n) is 14.9. The Bertz CT molecular complexity index is 679. The standard InChI is InChI=1S/C8H9ClN2O2.C8H11N3O2/c2*1-3-13-8(12)6-5(2)10-4-11-7(6)9/h4H,3H2,1-2H3;4H,3H2,1-2H3,(H2,9,10,11). The van der Waals surface area contributed by atoms with Gasteiger partial charge in [0, 0.05) is 0 Å². The van der Waals surface area contributed by atoms with Crippen molar-refractivity contribution in [2.45, 2.75) is 27.7 Å². The van der Waals surface area contributed by atoms with Crippen LogP contribution in [-0.4, -0.2) is 45.1 Å². The van der Waals surface area contributed by atoms with E-state index in [0.717, 1.165) is 0 Å². The van der Waals surface area contributed by atoms with Crippen molar-refractivity contribution in [3.05, 3.63) is 40.3 Å². The third kappa shape index (κ3) is 5.62. The van der Waals surface area contributed by atoms with Gasteiger partial charge in [-0.25, -0.2) is 29.5 Å². The Labute approximate surface area is 155 Å². The van der Waals surface area contributed by atoms with Gasteiger partial charge in [0.15, 0.2) is 0 Å². The largest absolute Gasteiger partial charge is 0.462 e. The summed E-state index contributed by atoms with van der Waals surface area (Å²) in [5.74, 6) is -0.797. The van der Waals surface area contributed by atoms with Gasteiger partial charge in [0.1, 0.15) is 34.8 Å². The number of hydrogen-bond donors (Lipinski definition) is 1. The highest BCUT2D eigenvalue weighted by Crippen LogP contribution is 2.15. The molecular weight excluding hydrogens is 362 g/mol. The molecule has 0 saturated carbocycles. The normalized spacial score (nSPS) is 9.73. The summed E-state index contributed by atoms with van der Waals surface area (Å²) in [5.41, 5.74) is 7.06. The fraction of sp³-hybridized carbons (Fsp3) is 0.375. The first-order chi connectivity index (χ1) is 12.3. The lowest BCUT2D eigenvalue weighted by molar-refractivity contribution is 0.0515. The van der Waals surface area contributed by atoms with Crippen LogP contribution in [-0.2, 0) is 9.47 Å². The minimum atomic E-state index is -0.481. The number of aromatic nitrogens is 4. The van der Waals surface area contributed by atoms with Crippen LogP contribution in [0.2, 0.25) is 5.15 Å². The molecule has 0 atom stereocenters. The molecule has 0 aliphatic rings. The smallest absolute Gasteiger partial charge is 0.343 e. The molecule has 2 aromatic rings. The second-order valence-corrected chi connectivity index (χ2v) is 5.14. The zero-order chi connectivity index (χ0) is 19.7. The van der Waals surface area contributed by atoms with E-state index in [-0.39, 0.29) is 22.1 Å². The predicted octanol–water partition coefficient (Wildman–Crippen LogP) is 2.16. The monoisotopic (exact) mass is 381 g/mol. The molecule has 0 amide bonds. The second kappa shape index (κ2) is 10.2. The molecule has 0 aliphatic heterocycles. The van der Waals surface area contributed by atoms with Crippen LogP contribution in [0.25, 0.3) is 0 Å². The van der Waals surface area contributed by atoms with Crippen LogP contribution < -0.4 is 5.73 Å². The molecule has 2 aromatic heterocycles. The highest BCUT2D eigenvalue weighted by Gasteiger charge is 2.16. The van der Waals surface area contributed by atoms with E-state index in [4.69, 9.17) is 26.8 Å². The van der Waals surface area contributed by atoms with E-state index in [2.05, 4.69) is 19.9 Å². The van der Waals surface area contributed by atoms with Crippen LogP contribution in [0.15, 0.2) is 12.7 Å². The molecule has 9 nitrogen and oxygen atoms in total. The number of rotatable bonds is 4. The Kier molecular flexibility index (Phi) is 8.36. The van der Waals surface area contributed by atoms with E-state index in [0.29, 0.717) is 24.6 Å². The summed E-state index contributed by atoms with van der Waals surface area (Å²) < 4.78 is 9.58. The van der Waals surface area contributed by atoms with E-state index in [1.54, 1.807) is 27.7 Å². The molecule has 0 aromatic carbocycles. The van der Waals surface area contributed by atoms with Gasteiger partial charge in [-0.1, -0.05) is 11.6 Å². The molecular formula is C16H20ClN5O4. The number of nitrogen functional groups attached to an aromatic ring is 1. The van der Waals surface area contributed by atoms with E-state index in [1.807, 2.05) is 0 Å². The number of hydrogen-bond acceptors (Lipinski definition) is 9. The van der Waals surface area contributed by atoms with Crippen molar-refractivity contribution in [1.29, 1.82) is 0 Å². The van der Waals surface area contributed by atoms with E-state index in [1.165, 1.54) is 12.7 Å². The molecule has 0 radical (unpaired) electrons. The Hall–Kier alpha value is -2.81. The molecule has 0 spiro atoms. The molecule has 26 heavy (non-hydrogen) atoms. The number of nitrogens with two attached hydrogens (primary N) is 1. The molecule has 0 saturated heterocycles. The minimum absolute atomic E-state index is 0.131. The Morgan fingerprint density at radius 3 is 1.85 bits per heavy atom. The molecule has 0 fully saturated rings. The van der Waals surface area contributed by atoms with Crippen molar-refractivity contribution in [2.24, 2.45) is 0 Å². The van der Waals surface area contributed by atoms with Crippen molar-refractivity contribution in [2.75, 3.05) is 18.9 Å². The number of carbonyl (C=O) groups excluding carboxylic acids is 2. The molecule has 2 heterocycles. The van der Waals surface area contributed by atoms with Gasteiger partial charge in [-0.3, -0.25) is 0 Å². The second-order valence-electron chi connectivity index (χ2n) is 4.79. The summed E-state index contributed by atoms with van der Waals surface area (Å²) in [7, 11) is 0. The van der Waals surface area contributed by atoms with E-state index in [9.17, 15) is 9.59 Å². The molecule has 0 aliphatic carbocycles. The van der Waals surface area contributed by atoms with Gasteiger partial charge in [-0.05, 0) is 27.7 Å². The van der Waals surface area contributed by atoms with E-state index >= 15 is 0 Å². The highest BCUT2D eigenvalue weighted by atomic mass is 35.5. The number of ether oxygens (including phenoxy) is 2. The van der Waals surface area contributed by atoms with Crippen LogP contribution in [0.3, 0.4) is 0 Å². The predicted molar refractivity (Wildman–Crippen MR) is 94.9 cm³/mol. The number of esters is 2. The van der Waals surface area contributed by atoms with E-state index < -0.39 is 11.9 Å². The van der Waals surface area contributed by atoms with Crippen molar-refractivity contribution in [3.63, 3.8) is 0 Å². The summed E-state index contributed by atoms with van der Waals surface area (Å²) in [6.07, 6.45) is 2.62. The van der Waals surface area contributed by atoms with Crippen molar-refractivity contribution >= 4 is 29.4 Å². The first-order valence-corrected chi connectivity index (χ1v) is 8.09. The quantitative estimate of drug-likeness (QED) is 0.625. The number of carbonyl (C=O) groups is 2. The number of nitrogens with zero attached hydrogens (tertiary/aromatic N) is 4. The molecule has 140 valence electrons. The van der Waals surface area contributed by atoms with Gasteiger partial charge in [0.25, 0.3) is 0 Å². The van der Waals surface area contributed by atoms with Crippen LogP contribution in [0.4, 0.5) is 5.82 Å². The van der Waals surface area contributed by atoms with Crippen LogP contribution in [0.5, 0.6) is 0 Å². The molecule has 2 N–H and O–H groups in total. The van der Waals surface area contributed by atoms with Gasteiger partial charge in [0.05, 0.1) is 24.6 Å². The first-order valence-electron chi connectivity index (χ1n) is 7.71. The average molecular weight is 382 g/mol.